The Balaban J connectivity index is 1.65. The highest BCUT2D eigenvalue weighted by Crippen LogP contribution is 2.28. The normalized spacial score (nSPS) is 11.5. The third kappa shape index (κ3) is 4.40. The van der Waals surface area contributed by atoms with Crippen molar-refractivity contribution in [3.63, 3.8) is 0 Å². The van der Waals surface area contributed by atoms with Crippen molar-refractivity contribution in [2.45, 2.75) is 17.2 Å². The Morgan fingerprint density at radius 2 is 1.57 bits per heavy atom. The summed E-state index contributed by atoms with van der Waals surface area (Å²) in [5.74, 6) is -0.377. The lowest BCUT2D eigenvalue weighted by Gasteiger charge is -2.07. The fourth-order valence-corrected chi connectivity index (χ4v) is 5.05. The quantitative estimate of drug-likeness (QED) is 0.465. The van der Waals surface area contributed by atoms with Gasteiger partial charge < -0.3 is 9.88 Å². The number of amides is 1. The second-order valence-electron chi connectivity index (χ2n) is 6.94. The van der Waals surface area contributed by atoms with E-state index < -0.39 is 9.84 Å². The van der Waals surface area contributed by atoms with Gasteiger partial charge in [0.15, 0.2) is 9.84 Å². The van der Waals surface area contributed by atoms with Crippen LogP contribution >= 0.6 is 11.6 Å². The zero-order valence-corrected chi connectivity index (χ0v) is 17.5. The number of sulfone groups is 1. The molecule has 30 heavy (non-hydrogen) atoms. The van der Waals surface area contributed by atoms with E-state index in [1.54, 1.807) is 59.3 Å². The lowest BCUT2D eigenvalue weighted by molar-refractivity contribution is -0.116. The average molecular weight is 439 g/mol. The van der Waals surface area contributed by atoms with Crippen molar-refractivity contribution in [1.82, 2.24) is 4.57 Å². The third-order valence-corrected chi connectivity index (χ3v) is 6.69. The Morgan fingerprint density at radius 1 is 0.900 bits per heavy atom. The van der Waals surface area contributed by atoms with E-state index in [-0.39, 0.29) is 23.1 Å². The summed E-state index contributed by atoms with van der Waals surface area (Å²) in [4.78, 5) is 12.7. The first-order valence-electron chi connectivity index (χ1n) is 9.32. The van der Waals surface area contributed by atoms with Gasteiger partial charge >= 0.3 is 0 Å². The minimum atomic E-state index is -3.62. The largest absolute Gasteiger partial charge is 0.337 e. The van der Waals surface area contributed by atoms with E-state index in [1.165, 1.54) is 0 Å². The summed E-state index contributed by atoms with van der Waals surface area (Å²) in [6, 6.07) is 23.1. The van der Waals surface area contributed by atoms with Crippen LogP contribution in [-0.4, -0.2) is 18.9 Å². The molecule has 0 aliphatic heterocycles. The van der Waals surface area contributed by atoms with Crippen molar-refractivity contribution in [1.29, 1.82) is 0 Å². The molecule has 1 N–H and O–H groups in total. The molecule has 0 saturated heterocycles. The third-order valence-electron chi connectivity index (χ3n) is 4.73. The molecule has 4 rings (SSSR count). The number of anilines is 1. The van der Waals surface area contributed by atoms with Gasteiger partial charge in [-0.3, -0.25) is 4.79 Å². The van der Waals surface area contributed by atoms with E-state index in [0.717, 1.165) is 0 Å². The molecule has 1 amide bonds. The number of aromatic nitrogens is 1. The van der Waals surface area contributed by atoms with Crippen molar-refractivity contribution in [3.05, 3.63) is 95.6 Å². The number of carbonyl (C=O) groups excluding carboxylic acids is 1. The summed E-state index contributed by atoms with van der Waals surface area (Å²) in [6.07, 6.45) is 1.54. The number of nitrogens with zero attached hydrogens (tertiary/aromatic N) is 1. The lowest BCUT2D eigenvalue weighted by atomic mass is 10.2. The summed E-state index contributed by atoms with van der Waals surface area (Å²) in [7, 11) is -3.62. The molecule has 0 unspecified atom stereocenters. The molecule has 1 heterocycles. The van der Waals surface area contributed by atoms with Crippen LogP contribution in [0.5, 0.6) is 0 Å². The number of carbonyl (C=O) groups is 1. The zero-order valence-electron chi connectivity index (χ0n) is 16.0. The van der Waals surface area contributed by atoms with Crippen LogP contribution in [0.25, 0.3) is 10.9 Å². The Labute approximate surface area is 179 Å². The molecule has 0 atom stereocenters. The SMILES string of the molecule is O=C(Cn1cc(S(=O)(=O)Cc2ccc(Cl)cc2)c2ccccc21)Nc1ccccc1. The Hall–Kier alpha value is -3.09. The molecule has 4 aromatic rings. The van der Waals surface area contributed by atoms with E-state index in [1.807, 2.05) is 30.3 Å². The standard InChI is InChI=1S/C23H19ClN2O3S/c24-18-12-10-17(11-13-18)16-30(28,29)22-14-26(21-9-5-4-8-20(21)22)15-23(27)25-19-6-2-1-3-7-19/h1-14H,15-16H2,(H,25,27). The van der Waals surface area contributed by atoms with Crippen molar-refractivity contribution in [2.24, 2.45) is 0 Å². The molecule has 0 aliphatic carbocycles. The number of hydrogen-bond donors (Lipinski definition) is 1. The highest BCUT2D eigenvalue weighted by molar-refractivity contribution is 7.90. The van der Waals surface area contributed by atoms with E-state index in [2.05, 4.69) is 5.32 Å². The molecule has 0 saturated carbocycles. The van der Waals surface area contributed by atoms with E-state index in [0.29, 0.717) is 27.2 Å². The smallest absolute Gasteiger partial charge is 0.244 e. The van der Waals surface area contributed by atoms with E-state index >= 15 is 0 Å². The molecule has 0 bridgehead atoms. The van der Waals surface area contributed by atoms with Crippen LogP contribution in [0, 0.1) is 0 Å². The second-order valence-corrected chi connectivity index (χ2v) is 9.33. The molecule has 1 aromatic heterocycles. The maximum Gasteiger partial charge on any atom is 0.244 e. The molecule has 152 valence electrons. The Kier molecular flexibility index (Phi) is 5.61. The van der Waals surface area contributed by atoms with Crippen LogP contribution in [0.2, 0.25) is 5.02 Å². The number of benzene rings is 3. The Morgan fingerprint density at radius 3 is 2.30 bits per heavy atom. The fourth-order valence-electron chi connectivity index (χ4n) is 3.35. The number of halogens is 1. The minimum absolute atomic E-state index is 0.00583. The summed E-state index contributed by atoms with van der Waals surface area (Å²) in [6.45, 7) is 0.00583. The predicted octanol–water partition coefficient (Wildman–Crippen LogP) is 4.91. The summed E-state index contributed by atoms with van der Waals surface area (Å²) >= 11 is 5.90. The average Bonchev–Trinajstić information content (AvgIpc) is 3.10. The fraction of sp³-hybridized carbons (Fsp3) is 0.0870. The van der Waals surface area contributed by atoms with Crippen LogP contribution in [0.15, 0.2) is 90.0 Å². The van der Waals surface area contributed by atoms with E-state index in [9.17, 15) is 13.2 Å². The van der Waals surface area contributed by atoms with Gasteiger partial charge in [0.25, 0.3) is 0 Å². The summed E-state index contributed by atoms with van der Waals surface area (Å²) in [5.41, 5.74) is 2.03. The van der Waals surface area contributed by atoms with Crippen LogP contribution in [-0.2, 0) is 26.9 Å². The molecule has 3 aromatic carbocycles. The highest BCUT2D eigenvalue weighted by atomic mass is 35.5. The van der Waals surface area contributed by atoms with Crippen LogP contribution in [0.1, 0.15) is 5.56 Å². The first-order valence-corrected chi connectivity index (χ1v) is 11.4. The number of para-hydroxylation sites is 2. The van der Waals surface area contributed by atoms with Gasteiger partial charge in [-0.2, -0.15) is 0 Å². The second kappa shape index (κ2) is 8.34. The molecule has 0 spiro atoms. The van der Waals surface area contributed by atoms with Crippen molar-refractivity contribution in [3.8, 4) is 0 Å². The topological polar surface area (TPSA) is 68.2 Å². The number of nitrogens with one attached hydrogen (secondary N) is 1. The first kappa shape index (κ1) is 20.2. The monoisotopic (exact) mass is 438 g/mol. The van der Waals surface area contributed by atoms with Gasteiger partial charge in [0.05, 0.1) is 10.6 Å². The first-order chi connectivity index (χ1) is 14.4. The van der Waals surface area contributed by atoms with Crippen LogP contribution in [0.4, 0.5) is 5.69 Å². The van der Waals surface area contributed by atoms with Gasteiger partial charge in [-0.1, -0.05) is 60.1 Å². The van der Waals surface area contributed by atoms with E-state index in [4.69, 9.17) is 11.6 Å². The van der Waals surface area contributed by atoms with Crippen molar-refractivity contribution >= 4 is 43.9 Å². The summed E-state index contributed by atoms with van der Waals surface area (Å²) < 4.78 is 28.0. The van der Waals surface area contributed by atoms with Gasteiger partial charge in [-0.25, -0.2) is 8.42 Å². The van der Waals surface area contributed by atoms with Gasteiger partial charge in [0.1, 0.15) is 6.54 Å². The van der Waals surface area contributed by atoms with Gasteiger partial charge in [0.2, 0.25) is 5.91 Å². The predicted molar refractivity (Wildman–Crippen MR) is 119 cm³/mol. The number of fused-ring (bicyclic) bond motifs is 1. The van der Waals surface area contributed by atoms with Gasteiger partial charge in [0, 0.05) is 27.8 Å². The highest BCUT2D eigenvalue weighted by Gasteiger charge is 2.22. The molecule has 0 radical (unpaired) electrons. The molecule has 0 aliphatic rings. The van der Waals surface area contributed by atoms with Gasteiger partial charge in [-0.05, 0) is 35.9 Å². The molecule has 5 nitrogen and oxygen atoms in total. The van der Waals surface area contributed by atoms with Crippen LogP contribution in [0.3, 0.4) is 0 Å². The number of rotatable bonds is 6. The van der Waals surface area contributed by atoms with Crippen LogP contribution < -0.4 is 5.32 Å². The van der Waals surface area contributed by atoms with Gasteiger partial charge in [-0.15, -0.1) is 0 Å². The molecule has 7 heteroatoms. The number of hydrogen-bond acceptors (Lipinski definition) is 3. The molecular formula is C23H19ClN2O3S. The summed E-state index contributed by atoms with van der Waals surface area (Å²) in [5, 5.41) is 3.98. The minimum Gasteiger partial charge on any atom is -0.337 e. The lowest BCUT2D eigenvalue weighted by Crippen LogP contribution is -2.18. The maximum absolute atomic E-state index is 13.1. The molecular weight excluding hydrogens is 420 g/mol. The zero-order chi connectivity index (χ0) is 21.1. The van der Waals surface area contributed by atoms with Crippen molar-refractivity contribution < 1.29 is 13.2 Å². The molecule has 0 fully saturated rings. The van der Waals surface area contributed by atoms with Crippen molar-refractivity contribution in [2.75, 3.05) is 5.32 Å². The Bertz CT molecular complexity index is 1300. The maximum atomic E-state index is 13.1.